The van der Waals surface area contributed by atoms with Crippen LogP contribution in [0.4, 0.5) is 4.39 Å². The van der Waals surface area contributed by atoms with E-state index in [1.165, 1.54) is 6.07 Å². The van der Waals surface area contributed by atoms with Gasteiger partial charge < -0.3 is 29.7 Å². The summed E-state index contributed by atoms with van der Waals surface area (Å²) in [7, 11) is 0. The van der Waals surface area contributed by atoms with Gasteiger partial charge in [-0.25, -0.2) is 4.39 Å². The molecule has 1 aromatic rings. The molecule has 0 saturated carbocycles. The molecule has 0 bridgehead atoms. The highest BCUT2D eigenvalue weighted by Gasteiger charge is 2.51. The van der Waals surface area contributed by atoms with Crippen molar-refractivity contribution in [2.75, 3.05) is 6.61 Å². The van der Waals surface area contributed by atoms with E-state index in [2.05, 4.69) is 5.32 Å². The van der Waals surface area contributed by atoms with Gasteiger partial charge >= 0.3 is 0 Å². The molecule has 9 heteroatoms. The summed E-state index contributed by atoms with van der Waals surface area (Å²) in [5, 5.41) is 22.5. The van der Waals surface area contributed by atoms with Crippen LogP contribution in [0.1, 0.15) is 24.2 Å². The largest absolute Gasteiger partial charge is 0.386 e. The van der Waals surface area contributed by atoms with E-state index in [0.29, 0.717) is 0 Å². The van der Waals surface area contributed by atoms with E-state index in [1.807, 2.05) is 0 Å². The highest BCUT2D eigenvalue weighted by Crippen LogP contribution is 2.32. The first kappa shape index (κ1) is 18.5. The van der Waals surface area contributed by atoms with E-state index in [9.17, 15) is 19.4 Å². The molecule has 2 saturated heterocycles. The summed E-state index contributed by atoms with van der Waals surface area (Å²) in [5.74, 6) is -2.03. The Labute approximate surface area is 148 Å². The van der Waals surface area contributed by atoms with Crippen LogP contribution in [0, 0.1) is 5.82 Å². The van der Waals surface area contributed by atoms with E-state index in [1.54, 1.807) is 13.8 Å². The predicted octanol–water partition coefficient (Wildman–Crippen LogP) is 0.807. The number of benzene rings is 1. The zero-order valence-corrected chi connectivity index (χ0v) is 14.4. The Morgan fingerprint density at radius 2 is 2.12 bits per heavy atom. The summed E-state index contributed by atoms with van der Waals surface area (Å²) in [6.45, 7) is 3.63. The first-order valence-electron chi connectivity index (χ1n) is 7.77. The van der Waals surface area contributed by atoms with Crippen LogP contribution < -0.4 is 5.32 Å². The molecule has 3 rings (SSSR count). The van der Waals surface area contributed by atoms with Crippen LogP contribution in [0.2, 0.25) is 5.02 Å². The fraction of sp³-hybridized carbons (Fsp3) is 0.562. The molecule has 25 heavy (non-hydrogen) atoms. The molecule has 7 nitrogen and oxygen atoms in total. The molecule has 1 amide bonds. The van der Waals surface area contributed by atoms with Crippen LogP contribution in [0.15, 0.2) is 18.2 Å². The van der Waals surface area contributed by atoms with Gasteiger partial charge in [0.2, 0.25) is 0 Å². The number of halogens is 2. The van der Waals surface area contributed by atoms with Gasteiger partial charge in [0.25, 0.3) is 5.91 Å². The zero-order chi connectivity index (χ0) is 18.4. The van der Waals surface area contributed by atoms with Crippen molar-refractivity contribution in [3.8, 4) is 0 Å². The van der Waals surface area contributed by atoms with Gasteiger partial charge in [0.15, 0.2) is 12.1 Å². The van der Waals surface area contributed by atoms with Crippen LogP contribution in [-0.2, 0) is 14.2 Å². The molecule has 2 fully saturated rings. The third-order valence-corrected chi connectivity index (χ3v) is 4.49. The normalized spacial score (nSPS) is 34.2. The molecule has 0 spiro atoms. The van der Waals surface area contributed by atoms with E-state index in [0.717, 1.165) is 12.1 Å². The van der Waals surface area contributed by atoms with Crippen molar-refractivity contribution in [2.24, 2.45) is 0 Å². The third kappa shape index (κ3) is 3.79. The third-order valence-electron chi connectivity index (χ3n) is 4.18. The molecular weight excluding hydrogens is 357 g/mol. The van der Waals surface area contributed by atoms with Gasteiger partial charge in [-0.3, -0.25) is 4.79 Å². The van der Waals surface area contributed by atoms with Crippen LogP contribution in [0.5, 0.6) is 0 Å². The molecule has 2 aliphatic rings. The van der Waals surface area contributed by atoms with Crippen LogP contribution >= 0.6 is 11.6 Å². The van der Waals surface area contributed by atoms with Gasteiger partial charge in [0, 0.05) is 0 Å². The summed E-state index contributed by atoms with van der Waals surface area (Å²) in [5.41, 5.74) is 0.0410. The molecule has 3 N–H and O–H groups in total. The second-order valence-electron chi connectivity index (χ2n) is 6.47. The van der Waals surface area contributed by atoms with Crippen LogP contribution in [0.25, 0.3) is 0 Å². The van der Waals surface area contributed by atoms with E-state index in [4.69, 9.17) is 25.8 Å². The smallest absolute Gasteiger partial charge is 0.253 e. The molecular formula is C16H19ClFNO6. The molecule has 2 heterocycles. The van der Waals surface area contributed by atoms with Crippen LogP contribution in [-0.4, -0.2) is 59.2 Å². The minimum absolute atomic E-state index is 0.0410. The maximum absolute atomic E-state index is 13.1. The summed E-state index contributed by atoms with van der Waals surface area (Å²) in [6, 6.07) is 2.40. The van der Waals surface area contributed by atoms with E-state index in [-0.39, 0.29) is 17.2 Å². The minimum atomic E-state index is -1.48. The second-order valence-corrected chi connectivity index (χ2v) is 6.88. The molecule has 0 radical (unpaired) electrons. The lowest BCUT2D eigenvalue weighted by Gasteiger charge is -2.26. The number of hydrogen-bond acceptors (Lipinski definition) is 6. The summed E-state index contributed by atoms with van der Waals surface area (Å²) in [6.07, 6.45) is -4.25. The second kappa shape index (κ2) is 6.79. The minimum Gasteiger partial charge on any atom is -0.386 e. The van der Waals surface area contributed by atoms with Crippen molar-refractivity contribution in [3.05, 3.63) is 34.6 Å². The first-order valence-corrected chi connectivity index (χ1v) is 8.15. The SMILES string of the molecule is CC1(C)OC[C@H]([C@H]2O[C@H](O)[C@H](O)[C@@H]2NC(=O)c2ccc(F)cc2Cl)O1. The van der Waals surface area contributed by atoms with Crippen molar-refractivity contribution in [3.63, 3.8) is 0 Å². The van der Waals surface area contributed by atoms with Crippen LogP contribution in [0.3, 0.4) is 0 Å². The topological polar surface area (TPSA) is 97.3 Å². The molecule has 1 aromatic carbocycles. The number of nitrogens with one attached hydrogen (secondary N) is 1. The highest BCUT2D eigenvalue weighted by atomic mass is 35.5. The zero-order valence-electron chi connectivity index (χ0n) is 13.6. The average Bonchev–Trinajstić information content (AvgIpc) is 3.01. The Balaban J connectivity index is 1.77. The number of carbonyl (C=O) groups is 1. The van der Waals surface area contributed by atoms with Crippen molar-refractivity contribution in [2.45, 2.75) is 50.3 Å². The van der Waals surface area contributed by atoms with Gasteiger partial charge in [-0.1, -0.05) is 11.6 Å². The molecule has 5 atom stereocenters. The maximum Gasteiger partial charge on any atom is 0.253 e. The number of aliphatic hydroxyl groups excluding tert-OH is 2. The van der Waals surface area contributed by atoms with Crippen molar-refractivity contribution >= 4 is 17.5 Å². The Morgan fingerprint density at radius 3 is 2.72 bits per heavy atom. The Kier molecular flexibility index (Phi) is 5.02. The van der Waals surface area contributed by atoms with Gasteiger partial charge in [0.1, 0.15) is 24.1 Å². The standard InChI is InChI=1S/C16H19ClFNO6/c1-16(2)23-6-10(25-16)13-11(12(20)15(22)24-13)19-14(21)8-4-3-7(18)5-9(8)17/h3-5,10-13,15,20,22H,6H2,1-2H3,(H,19,21)/t10-,11+,12-,13-,15+/m1/s1. The lowest BCUT2D eigenvalue weighted by atomic mass is 10.0. The molecule has 2 aliphatic heterocycles. The molecule has 0 aliphatic carbocycles. The maximum atomic E-state index is 13.1. The fourth-order valence-corrected chi connectivity index (χ4v) is 3.22. The van der Waals surface area contributed by atoms with Crippen molar-refractivity contribution in [1.82, 2.24) is 5.32 Å². The van der Waals surface area contributed by atoms with Gasteiger partial charge in [-0.2, -0.15) is 0 Å². The number of ether oxygens (including phenoxy) is 3. The predicted molar refractivity (Wildman–Crippen MR) is 84.5 cm³/mol. The number of carbonyl (C=O) groups excluding carboxylic acids is 1. The Hall–Kier alpha value is -1.29. The molecule has 0 aromatic heterocycles. The summed E-state index contributed by atoms with van der Waals surface area (Å²) < 4.78 is 29.6. The monoisotopic (exact) mass is 375 g/mol. The lowest BCUT2D eigenvalue weighted by Crippen LogP contribution is -2.51. The summed E-state index contributed by atoms with van der Waals surface area (Å²) in [4.78, 5) is 12.4. The Morgan fingerprint density at radius 1 is 1.40 bits per heavy atom. The first-order chi connectivity index (χ1) is 11.7. The van der Waals surface area contributed by atoms with Gasteiger partial charge in [-0.05, 0) is 32.0 Å². The van der Waals surface area contributed by atoms with Crippen molar-refractivity contribution < 1.29 is 33.6 Å². The van der Waals surface area contributed by atoms with Gasteiger partial charge in [0.05, 0.1) is 23.2 Å². The highest BCUT2D eigenvalue weighted by molar-refractivity contribution is 6.33. The number of amides is 1. The average molecular weight is 376 g/mol. The van der Waals surface area contributed by atoms with Crippen molar-refractivity contribution in [1.29, 1.82) is 0 Å². The molecule has 0 unspecified atom stereocenters. The number of hydrogen-bond donors (Lipinski definition) is 3. The number of rotatable bonds is 3. The van der Waals surface area contributed by atoms with E-state index >= 15 is 0 Å². The molecule has 138 valence electrons. The van der Waals surface area contributed by atoms with E-state index < -0.39 is 48.2 Å². The van der Waals surface area contributed by atoms with Gasteiger partial charge in [-0.15, -0.1) is 0 Å². The fourth-order valence-electron chi connectivity index (χ4n) is 2.96. The lowest BCUT2D eigenvalue weighted by molar-refractivity contribution is -0.175. The summed E-state index contributed by atoms with van der Waals surface area (Å²) >= 11 is 5.89. The Bertz CT molecular complexity index is 672. The number of aliphatic hydroxyl groups is 2. The quantitative estimate of drug-likeness (QED) is 0.723.